The van der Waals surface area contributed by atoms with E-state index < -0.39 is 6.61 Å². The van der Waals surface area contributed by atoms with Gasteiger partial charge in [0.05, 0.1) is 0 Å². The molecule has 0 aliphatic carbocycles. The summed E-state index contributed by atoms with van der Waals surface area (Å²) in [7, 11) is 0. The van der Waals surface area contributed by atoms with Gasteiger partial charge in [-0.05, 0) is 12.1 Å². The molecule has 0 bridgehead atoms. The molecule has 0 fully saturated rings. The molecule has 0 aliphatic heterocycles. The van der Waals surface area contributed by atoms with Crippen LogP contribution in [0.25, 0.3) is 5.65 Å². The molecule has 2 aromatic rings. The van der Waals surface area contributed by atoms with Crippen molar-refractivity contribution in [2.45, 2.75) is 6.61 Å². The minimum Gasteiger partial charge on any atom is -0.418 e. The zero-order chi connectivity index (χ0) is 9.26. The first-order valence-corrected chi connectivity index (χ1v) is 3.51. The average molecular weight is 185 g/mol. The molecule has 0 N–H and O–H groups in total. The highest BCUT2D eigenvalue weighted by atomic mass is 19.3. The molecule has 0 saturated heterocycles. The smallest absolute Gasteiger partial charge is 0.388 e. The maximum absolute atomic E-state index is 11.9. The molecule has 2 rings (SSSR count). The van der Waals surface area contributed by atoms with E-state index in [9.17, 15) is 8.78 Å². The quantitative estimate of drug-likeness (QED) is 0.708. The number of aromatic nitrogens is 3. The second kappa shape index (κ2) is 2.96. The van der Waals surface area contributed by atoms with Crippen LogP contribution in [0.1, 0.15) is 0 Å². The molecular weight excluding hydrogens is 180 g/mol. The van der Waals surface area contributed by atoms with Gasteiger partial charge in [0.25, 0.3) is 0 Å². The Labute approximate surface area is 71.8 Å². The van der Waals surface area contributed by atoms with Gasteiger partial charge in [0.1, 0.15) is 6.33 Å². The van der Waals surface area contributed by atoms with Crippen LogP contribution in [0.3, 0.4) is 0 Å². The van der Waals surface area contributed by atoms with E-state index in [2.05, 4.69) is 14.9 Å². The number of hydrogen-bond donors (Lipinski definition) is 0. The van der Waals surface area contributed by atoms with Gasteiger partial charge >= 0.3 is 6.61 Å². The Morgan fingerprint density at radius 1 is 1.38 bits per heavy atom. The summed E-state index contributed by atoms with van der Waals surface area (Å²) in [5, 5.41) is 7.23. The summed E-state index contributed by atoms with van der Waals surface area (Å²) in [6.45, 7) is -2.84. The molecule has 68 valence electrons. The zero-order valence-electron chi connectivity index (χ0n) is 6.39. The number of ether oxygens (including phenoxy) is 1. The first-order valence-electron chi connectivity index (χ1n) is 3.51. The second-order valence-corrected chi connectivity index (χ2v) is 2.30. The van der Waals surface area contributed by atoms with E-state index in [-0.39, 0.29) is 5.88 Å². The molecular formula is C7H5F2N3O. The van der Waals surface area contributed by atoms with Crippen LogP contribution in [-0.2, 0) is 0 Å². The molecule has 0 spiro atoms. The second-order valence-electron chi connectivity index (χ2n) is 2.30. The summed E-state index contributed by atoms with van der Waals surface area (Å²) in [5.74, 6) is 0.0255. The average Bonchev–Trinajstić information content (AvgIpc) is 2.51. The van der Waals surface area contributed by atoms with Crippen molar-refractivity contribution >= 4 is 5.65 Å². The van der Waals surface area contributed by atoms with Crippen molar-refractivity contribution in [1.29, 1.82) is 0 Å². The van der Waals surface area contributed by atoms with Gasteiger partial charge in [0.2, 0.25) is 5.88 Å². The Morgan fingerprint density at radius 2 is 2.23 bits per heavy atom. The van der Waals surface area contributed by atoms with E-state index in [1.807, 2.05) is 0 Å². The summed E-state index contributed by atoms with van der Waals surface area (Å²) in [6, 6.07) is 4.63. The van der Waals surface area contributed by atoms with E-state index in [0.717, 1.165) is 0 Å². The largest absolute Gasteiger partial charge is 0.418 e. The van der Waals surface area contributed by atoms with Crippen molar-refractivity contribution in [2.75, 3.05) is 0 Å². The SMILES string of the molecule is FC(F)Oc1cccc2nncn12. The van der Waals surface area contributed by atoms with E-state index in [1.165, 1.54) is 16.8 Å². The number of halogens is 2. The van der Waals surface area contributed by atoms with Crippen LogP contribution in [-0.4, -0.2) is 21.2 Å². The normalized spacial score (nSPS) is 11.0. The lowest BCUT2D eigenvalue weighted by Crippen LogP contribution is -2.05. The monoisotopic (exact) mass is 185 g/mol. The predicted molar refractivity (Wildman–Crippen MR) is 39.6 cm³/mol. The minimum atomic E-state index is -2.84. The van der Waals surface area contributed by atoms with Gasteiger partial charge in [-0.15, -0.1) is 10.2 Å². The maximum Gasteiger partial charge on any atom is 0.388 e. The lowest BCUT2D eigenvalue weighted by Gasteiger charge is -2.04. The maximum atomic E-state index is 11.9. The van der Waals surface area contributed by atoms with Crippen molar-refractivity contribution in [3.05, 3.63) is 24.5 Å². The van der Waals surface area contributed by atoms with Gasteiger partial charge in [-0.25, -0.2) is 0 Å². The Morgan fingerprint density at radius 3 is 3.00 bits per heavy atom. The number of hydrogen-bond acceptors (Lipinski definition) is 3. The Balaban J connectivity index is 2.48. The number of nitrogens with zero attached hydrogens (tertiary/aromatic N) is 3. The van der Waals surface area contributed by atoms with E-state index in [4.69, 9.17) is 0 Å². The summed E-state index contributed by atoms with van der Waals surface area (Å²) in [4.78, 5) is 0. The number of fused-ring (bicyclic) bond motifs is 1. The Kier molecular flexibility index (Phi) is 1.80. The van der Waals surface area contributed by atoms with Crippen LogP contribution in [0, 0.1) is 0 Å². The topological polar surface area (TPSA) is 39.4 Å². The third-order valence-electron chi connectivity index (χ3n) is 1.51. The van der Waals surface area contributed by atoms with E-state index in [0.29, 0.717) is 5.65 Å². The predicted octanol–water partition coefficient (Wildman–Crippen LogP) is 1.33. The molecule has 2 aromatic heterocycles. The lowest BCUT2D eigenvalue weighted by molar-refractivity contribution is -0.0536. The standard InChI is InChI=1S/C7H5F2N3O/c8-7(9)13-6-3-1-2-5-11-10-4-12(5)6/h1-4,7H. The van der Waals surface area contributed by atoms with Gasteiger partial charge in [-0.2, -0.15) is 8.78 Å². The Bertz CT molecular complexity index is 415. The van der Waals surface area contributed by atoms with Gasteiger partial charge in [0.15, 0.2) is 5.65 Å². The minimum absolute atomic E-state index is 0.0255. The van der Waals surface area contributed by atoms with Crippen molar-refractivity contribution in [3.63, 3.8) is 0 Å². The molecule has 0 amide bonds. The molecule has 0 unspecified atom stereocenters. The van der Waals surface area contributed by atoms with Gasteiger partial charge in [-0.1, -0.05) is 6.07 Å². The molecule has 0 aliphatic rings. The number of alkyl halides is 2. The van der Waals surface area contributed by atoms with Gasteiger partial charge < -0.3 is 4.74 Å². The van der Waals surface area contributed by atoms with Crippen molar-refractivity contribution in [2.24, 2.45) is 0 Å². The highest BCUT2D eigenvalue weighted by Crippen LogP contribution is 2.14. The molecule has 6 heteroatoms. The molecule has 0 atom stereocenters. The summed E-state index contributed by atoms with van der Waals surface area (Å²) < 4.78 is 29.3. The van der Waals surface area contributed by atoms with Crippen molar-refractivity contribution < 1.29 is 13.5 Å². The highest BCUT2D eigenvalue weighted by molar-refractivity contribution is 5.39. The summed E-state index contributed by atoms with van der Waals surface area (Å²) in [6.07, 6.45) is 1.31. The first kappa shape index (κ1) is 7.90. The van der Waals surface area contributed by atoms with Crippen LogP contribution in [0.2, 0.25) is 0 Å². The molecule has 0 saturated carbocycles. The van der Waals surface area contributed by atoms with Gasteiger partial charge in [0, 0.05) is 0 Å². The zero-order valence-corrected chi connectivity index (χ0v) is 6.39. The fourth-order valence-electron chi connectivity index (χ4n) is 1.01. The number of rotatable bonds is 2. The van der Waals surface area contributed by atoms with Gasteiger partial charge in [-0.3, -0.25) is 4.40 Å². The van der Waals surface area contributed by atoms with Crippen LogP contribution in [0.5, 0.6) is 5.88 Å². The molecule has 0 aromatic carbocycles. The Hall–Kier alpha value is -1.72. The highest BCUT2D eigenvalue weighted by Gasteiger charge is 2.07. The summed E-state index contributed by atoms with van der Waals surface area (Å²) >= 11 is 0. The molecule has 0 radical (unpaired) electrons. The van der Waals surface area contributed by atoms with Crippen molar-refractivity contribution in [1.82, 2.24) is 14.6 Å². The lowest BCUT2D eigenvalue weighted by atomic mass is 10.4. The van der Waals surface area contributed by atoms with Crippen LogP contribution in [0.15, 0.2) is 24.5 Å². The van der Waals surface area contributed by atoms with Crippen LogP contribution in [0.4, 0.5) is 8.78 Å². The third-order valence-corrected chi connectivity index (χ3v) is 1.51. The third kappa shape index (κ3) is 1.42. The first-order chi connectivity index (χ1) is 6.27. The molecule has 13 heavy (non-hydrogen) atoms. The van der Waals surface area contributed by atoms with E-state index >= 15 is 0 Å². The fraction of sp³-hybridized carbons (Fsp3) is 0.143. The molecule has 2 heterocycles. The van der Waals surface area contributed by atoms with Crippen molar-refractivity contribution in [3.8, 4) is 5.88 Å². The summed E-state index contributed by atoms with van der Waals surface area (Å²) in [5.41, 5.74) is 0.471. The number of pyridine rings is 1. The molecule has 4 nitrogen and oxygen atoms in total. The van der Waals surface area contributed by atoms with E-state index in [1.54, 1.807) is 12.1 Å². The van der Waals surface area contributed by atoms with Crippen LogP contribution >= 0.6 is 0 Å². The van der Waals surface area contributed by atoms with Crippen LogP contribution < -0.4 is 4.74 Å². The fourth-order valence-corrected chi connectivity index (χ4v) is 1.01.